The van der Waals surface area contributed by atoms with E-state index in [0.29, 0.717) is 30.9 Å². The SMILES string of the molecule is CCNC(=O)[C@@H]1C[C@H](NC(=O)c2cccs2)CN1Cc1cccc(O)c1. The molecule has 3 rings (SSSR count). The standard InChI is InChI=1S/C19H23N3O3S/c1-2-20-18(24)16-10-14(21-19(25)17-7-4-8-26-17)12-22(16)11-13-5-3-6-15(23)9-13/h3-9,14,16,23H,2,10-12H2,1H3,(H,20,24)(H,21,25)/t14-,16-/m0/s1. The molecule has 0 spiro atoms. The highest BCUT2D eigenvalue weighted by Crippen LogP contribution is 2.23. The highest BCUT2D eigenvalue weighted by molar-refractivity contribution is 7.12. The zero-order valence-corrected chi connectivity index (χ0v) is 15.5. The molecule has 1 saturated heterocycles. The topological polar surface area (TPSA) is 81.7 Å². The summed E-state index contributed by atoms with van der Waals surface area (Å²) in [6, 6.07) is 10.3. The number of carbonyl (C=O) groups excluding carboxylic acids is 2. The molecule has 2 heterocycles. The first-order valence-corrected chi connectivity index (χ1v) is 9.59. The summed E-state index contributed by atoms with van der Waals surface area (Å²) in [5, 5.41) is 17.5. The van der Waals surface area contributed by atoms with Crippen LogP contribution in [0.2, 0.25) is 0 Å². The molecule has 3 N–H and O–H groups in total. The number of benzene rings is 1. The molecule has 6 nitrogen and oxygen atoms in total. The molecular formula is C19H23N3O3S. The van der Waals surface area contributed by atoms with E-state index in [0.717, 1.165) is 5.56 Å². The smallest absolute Gasteiger partial charge is 0.261 e. The van der Waals surface area contributed by atoms with Crippen LogP contribution in [0, 0.1) is 0 Å². The number of amides is 2. The van der Waals surface area contributed by atoms with Crippen molar-refractivity contribution in [1.29, 1.82) is 0 Å². The van der Waals surface area contributed by atoms with Gasteiger partial charge >= 0.3 is 0 Å². The van der Waals surface area contributed by atoms with Crippen molar-refractivity contribution in [3.05, 3.63) is 52.2 Å². The van der Waals surface area contributed by atoms with E-state index in [4.69, 9.17) is 0 Å². The summed E-state index contributed by atoms with van der Waals surface area (Å²) in [4.78, 5) is 27.5. The van der Waals surface area contributed by atoms with Gasteiger partial charge in [-0.3, -0.25) is 14.5 Å². The molecule has 7 heteroatoms. The summed E-state index contributed by atoms with van der Waals surface area (Å²) in [7, 11) is 0. The van der Waals surface area contributed by atoms with E-state index < -0.39 is 0 Å². The number of aromatic hydroxyl groups is 1. The lowest BCUT2D eigenvalue weighted by Gasteiger charge is -2.23. The Morgan fingerprint density at radius 2 is 2.15 bits per heavy atom. The van der Waals surface area contributed by atoms with Crippen molar-refractivity contribution >= 4 is 23.2 Å². The maximum atomic E-state index is 12.5. The van der Waals surface area contributed by atoms with Crippen LogP contribution in [0.5, 0.6) is 5.75 Å². The van der Waals surface area contributed by atoms with Gasteiger partial charge in [0.05, 0.1) is 10.9 Å². The van der Waals surface area contributed by atoms with E-state index in [1.807, 2.05) is 24.4 Å². The second-order valence-corrected chi connectivity index (χ2v) is 7.34. The average Bonchev–Trinajstić information content (AvgIpc) is 3.25. The monoisotopic (exact) mass is 373 g/mol. The predicted molar refractivity (Wildman–Crippen MR) is 101 cm³/mol. The minimum atomic E-state index is -0.300. The number of carbonyl (C=O) groups is 2. The van der Waals surface area contributed by atoms with E-state index in [1.54, 1.807) is 24.3 Å². The van der Waals surface area contributed by atoms with Gasteiger partial charge in [-0.2, -0.15) is 0 Å². The Hall–Kier alpha value is -2.38. The third-order valence-electron chi connectivity index (χ3n) is 4.43. The van der Waals surface area contributed by atoms with Crippen LogP contribution in [0.1, 0.15) is 28.6 Å². The normalized spacial score (nSPS) is 20.0. The summed E-state index contributed by atoms with van der Waals surface area (Å²) >= 11 is 1.40. The molecular weight excluding hydrogens is 350 g/mol. The van der Waals surface area contributed by atoms with Crippen molar-refractivity contribution in [3.63, 3.8) is 0 Å². The van der Waals surface area contributed by atoms with Gasteiger partial charge in [-0.25, -0.2) is 0 Å². The number of likely N-dealkylation sites (N-methyl/N-ethyl adjacent to an activating group) is 1. The summed E-state index contributed by atoms with van der Waals surface area (Å²) < 4.78 is 0. The molecule has 1 fully saturated rings. The van der Waals surface area contributed by atoms with E-state index in [9.17, 15) is 14.7 Å². The number of phenolic OH excluding ortho intramolecular Hbond substituents is 1. The summed E-state index contributed by atoms with van der Waals surface area (Å²) in [6.07, 6.45) is 0.571. The molecule has 0 saturated carbocycles. The van der Waals surface area contributed by atoms with Crippen molar-refractivity contribution in [1.82, 2.24) is 15.5 Å². The van der Waals surface area contributed by atoms with Gasteiger partial charge in [-0.15, -0.1) is 11.3 Å². The van der Waals surface area contributed by atoms with E-state index in [1.165, 1.54) is 11.3 Å². The fraction of sp³-hybridized carbons (Fsp3) is 0.368. The number of phenols is 1. The predicted octanol–water partition coefficient (Wildman–Crippen LogP) is 1.96. The van der Waals surface area contributed by atoms with Crippen LogP contribution in [0.4, 0.5) is 0 Å². The van der Waals surface area contributed by atoms with Gasteiger partial charge in [0.15, 0.2) is 0 Å². The quantitative estimate of drug-likeness (QED) is 0.723. The Labute approximate surface area is 156 Å². The largest absolute Gasteiger partial charge is 0.508 e. The molecule has 0 radical (unpaired) electrons. The van der Waals surface area contributed by atoms with Crippen LogP contribution >= 0.6 is 11.3 Å². The Kier molecular flexibility index (Phi) is 5.90. The van der Waals surface area contributed by atoms with Crippen LogP contribution in [-0.2, 0) is 11.3 Å². The lowest BCUT2D eigenvalue weighted by atomic mass is 10.1. The lowest BCUT2D eigenvalue weighted by Crippen LogP contribution is -2.42. The van der Waals surface area contributed by atoms with Gasteiger partial charge in [-0.1, -0.05) is 18.2 Å². The number of nitrogens with one attached hydrogen (secondary N) is 2. The minimum absolute atomic E-state index is 0.0273. The highest BCUT2D eigenvalue weighted by atomic mass is 32.1. The minimum Gasteiger partial charge on any atom is -0.508 e. The first kappa shape index (κ1) is 18.4. The summed E-state index contributed by atoms with van der Waals surface area (Å²) in [6.45, 7) is 3.60. The second-order valence-electron chi connectivity index (χ2n) is 6.39. The molecule has 1 aliphatic rings. The number of nitrogens with zero attached hydrogens (tertiary/aromatic N) is 1. The first-order chi connectivity index (χ1) is 12.6. The molecule has 26 heavy (non-hydrogen) atoms. The summed E-state index contributed by atoms with van der Waals surface area (Å²) in [5.41, 5.74) is 0.935. The highest BCUT2D eigenvalue weighted by Gasteiger charge is 2.37. The zero-order valence-electron chi connectivity index (χ0n) is 14.6. The van der Waals surface area contributed by atoms with Crippen molar-refractivity contribution in [2.45, 2.75) is 32.0 Å². The van der Waals surface area contributed by atoms with Gasteiger partial charge in [0.2, 0.25) is 5.91 Å². The van der Waals surface area contributed by atoms with E-state index >= 15 is 0 Å². The number of hydrogen-bond donors (Lipinski definition) is 3. The van der Waals surface area contributed by atoms with Gasteiger partial charge in [0.25, 0.3) is 5.91 Å². The molecule has 138 valence electrons. The van der Waals surface area contributed by atoms with Gasteiger partial charge in [0, 0.05) is 25.7 Å². The molecule has 1 aromatic carbocycles. The van der Waals surface area contributed by atoms with Crippen LogP contribution in [-0.4, -0.2) is 47.0 Å². The average molecular weight is 373 g/mol. The van der Waals surface area contributed by atoms with E-state index in [-0.39, 0.29) is 29.6 Å². The van der Waals surface area contributed by atoms with Gasteiger partial charge in [0.1, 0.15) is 5.75 Å². The third-order valence-corrected chi connectivity index (χ3v) is 5.30. The van der Waals surface area contributed by atoms with Crippen LogP contribution in [0.3, 0.4) is 0 Å². The number of hydrogen-bond acceptors (Lipinski definition) is 5. The van der Waals surface area contributed by atoms with Crippen molar-refractivity contribution in [2.24, 2.45) is 0 Å². The maximum absolute atomic E-state index is 12.5. The number of thiophene rings is 1. The maximum Gasteiger partial charge on any atom is 0.261 e. The lowest BCUT2D eigenvalue weighted by molar-refractivity contribution is -0.125. The molecule has 2 atom stereocenters. The van der Waals surface area contributed by atoms with Crippen LogP contribution in [0.15, 0.2) is 41.8 Å². The Bertz CT molecular complexity index is 763. The van der Waals surface area contributed by atoms with Crippen LogP contribution < -0.4 is 10.6 Å². The zero-order chi connectivity index (χ0) is 18.5. The van der Waals surface area contributed by atoms with Crippen molar-refractivity contribution in [3.8, 4) is 5.75 Å². The fourth-order valence-corrected chi connectivity index (χ4v) is 3.93. The number of rotatable bonds is 6. The third kappa shape index (κ3) is 4.42. The Morgan fingerprint density at radius 3 is 2.85 bits per heavy atom. The van der Waals surface area contributed by atoms with Gasteiger partial charge in [-0.05, 0) is 42.5 Å². The van der Waals surface area contributed by atoms with Gasteiger partial charge < -0.3 is 15.7 Å². The molecule has 0 bridgehead atoms. The van der Waals surface area contributed by atoms with E-state index in [2.05, 4.69) is 15.5 Å². The van der Waals surface area contributed by atoms with Crippen LogP contribution in [0.25, 0.3) is 0 Å². The molecule has 0 aliphatic carbocycles. The first-order valence-electron chi connectivity index (χ1n) is 8.71. The molecule has 1 aliphatic heterocycles. The molecule has 2 aromatic rings. The van der Waals surface area contributed by atoms with Crippen molar-refractivity contribution in [2.75, 3.05) is 13.1 Å². The Balaban J connectivity index is 1.70. The summed E-state index contributed by atoms with van der Waals surface area (Å²) in [5.74, 6) is 0.0817. The second kappa shape index (κ2) is 8.33. The molecule has 2 amide bonds. The number of likely N-dealkylation sites (tertiary alicyclic amines) is 1. The molecule has 0 unspecified atom stereocenters. The molecule has 1 aromatic heterocycles. The Morgan fingerprint density at radius 1 is 1.31 bits per heavy atom. The fourth-order valence-electron chi connectivity index (χ4n) is 3.30. The van der Waals surface area contributed by atoms with Crippen molar-refractivity contribution < 1.29 is 14.7 Å².